The number of nitrogens with one attached hydrogen (secondary N) is 1. The summed E-state index contributed by atoms with van der Waals surface area (Å²) in [6, 6.07) is 14.1. The highest BCUT2D eigenvalue weighted by Crippen LogP contribution is 2.25. The second kappa shape index (κ2) is 9.11. The molecule has 148 valence electrons. The number of nitrogens with zero attached hydrogens (tertiary/aromatic N) is 1. The summed E-state index contributed by atoms with van der Waals surface area (Å²) < 4.78 is 5.48. The van der Waals surface area contributed by atoms with Gasteiger partial charge in [-0.2, -0.15) is 0 Å². The number of carbonyl (C=O) groups excluding carboxylic acids is 2. The van der Waals surface area contributed by atoms with Crippen LogP contribution in [-0.4, -0.2) is 36.4 Å². The Hall–Kier alpha value is -2.53. The molecular formula is C22H25ClN2O3. The molecule has 1 aliphatic heterocycles. The Morgan fingerprint density at radius 2 is 1.71 bits per heavy atom. The molecule has 5 nitrogen and oxygen atoms in total. The molecule has 1 N–H and O–H groups in total. The summed E-state index contributed by atoms with van der Waals surface area (Å²) in [5.41, 5.74) is 0.987. The van der Waals surface area contributed by atoms with Gasteiger partial charge >= 0.3 is 0 Å². The van der Waals surface area contributed by atoms with Crippen molar-refractivity contribution in [2.75, 3.05) is 25.0 Å². The lowest BCUT2D eigenvalue weighted by atomic mass is 9.91. The van der Waals surface area contributed by atoms with Crippen LogP contribution in [0.3, 0.4) is 0 Å². The molecule has 6 heteroatoms. The smallest absolute Gasteiger partial charge is 0.262 e. The second-order valence-corrected chi connectivity index (χ2v) is 7.88. The largest absolute Gasteiger partial charge is 0.482 e. The number of carbonyl (C=O) groups is 2. The first kappa shape index (κ1) is 20.2. The zero-order chi connectivity index (χ0) is 20.1. The van der Waals surface area contributed by atoms with Gasteiger partial charge in [0, 0.05) is 13.1 Å². The van der Waals surface area contributed by atoms with Crippen molar-refractivity contribution in [1.29, 1.82) is 0 Å². The molecule has 2 aromatic carbocycles. The molecule has 0 aliphatic carbocycles. The normalized spacial score (nSPS) is 19.2. The van der Waals surface area contributed by atoms with Gasteiger partial charge in [0.05, 0.1) is 16.3 Å². The third-order valence-corrected chi connectivity index (χ3v) is 5.10. The maximum atomic E-state index is 13.0. The van der Waals surface area contributed by atoms with Crippen LogP contribution in [0.5, 0.6) is 5.75 Å². The molecule has 1 heterocycles. The highest BCUT2D eigenvalue weighted by Gasteiger charge is 2.27. The van der Waals surface area contributed by atoms with Gasteiger partial charge in [-0.25, -0.2) is 0 Å². The number of likely N-dealkylation sites (tertiary alicyclic amines) is 1. The van der Waals surface area contributed by atoms with Gasteiger partial charge in [-0.1, -0.05) is 49.7 Å². The number of amides is 2. The van der Waals surface area contributed by atoms with Crippen molar-refractivity contribution in [2.24, 2.45) is 11.8 Å². The third-order valence-electron chi connectivity index (χ3n) is 4.78. The molecule has 28 heavy (non-hydrogen) atoms. The number of halogens is 1. The molecule has 0 saturated carbocycles. The number of benzene rings is 2. The second-order valence-electron chi connectivity index (χ2n) is 7.47. The van der Waals surface area contributed by atoms with Gasteiger partial charge < -0.3 is 15.0 Å². The maximum Gasteiger partial charge on any atom is 0.262 e. The van der Waals surface area contributed by atoms with Crippen LogP contribution in [0.25, 0.3) is 0 Å². The Labute approximate surface area is 170 Å². The van der Waals surface area contributed by atoms with E-state index in [1.54, 1.807) is 48.5 Å². The summed E-state index contributed by atoms with van der Waals surface area (Å²) in [5.74, 6) is 0.985. The van der Waals surface area contributed by atoms with E-state index in [0.717, 1.165) is 19.5 Å². The zero-order valence-electron chi connectivity index (χ0n) is 16.2. The third kappa shape index (κ3) is 5.04. The van der Waals surface area contributed by atoms with E-state index >= 15 is 0 Å². The zero-order valence-corrected chi connectivity index (χ0v) is 16.9. The summed E-state index contributed by atoms with van der Waals surface area (Å²) in [6.45, 7) is 5.61. The maximum absolute atomic E-state index is 13.0. The van der Waals surface area contributed by atoms with Crippen LogP contribution in [0.1, 0.15) is 30.6 Å². The molecule has 2 atom stereocenters. The summed E-state index contributed by atoms with van der Waals surface area (Å²) in [5, 5.41) is 3.23. The van der Waals surface area contributed by atoms with Crippen molar-refractivity contribution >= 4 is 29.1 Å². The molecule has 2 aromatic rings. The van der Waals surface area contributed by atoms with E-state index in [9.17, 15) is 9.59 Å². The Bertz CT molecular complexity index is 845. The monoisotopic (exact) mass is 400 g/mol. The number of piperidine rings is 1. The minimum absolute atomic E-state index is 0.0543. The molecule has 0 aromatic heterocycles. The van der Waals surface area contributed by atoms with Gasteiger partial charge in [0.15, 0.2) is 6.61 Å². The van der Waals surface area contributed by atoms with Crippen LogP contribution >= 0.6 is 11.6 Å². The number of hydrogen-bond acceptors (Lipinski definition) is 3. The minimum Gasteiger partial charge on any atom is -0.482 e. The first-order chi connectivity index (χ1) is 13.4. The van der Waals surface area contributed by atoms with Crippen molar-refractivity contribution in [2.45, 2.75) is 20.3 Å². The van der Waals surface area contributed by atoms with Crippen molar-refractivity contribution < 1.29 is 14.3 Å². The molecule has 1 aliphatic rings. The quantitative estimate of drug-likeness (QED) is 0.805. The van der Waals surface area contributed by atoms with Crippen LogP contribution in [0, 0.1) is 11.8 Å². The molecule has 1 saturated heterocycles. The first-order valence-corrected chi connectivity index (χ1v) is 9.87. The Kier molecular flexibility index (Phi) is 6.57. The number of ether oxygens (including phenoxy) is 1. The number of anilines is 1. The van der Waals surface area contributed by atoms with Gasteiger partial charge in [0.1, 0.15) is 5.75 Å². The van der Waals surface area contributed by atoms with Gasteiger partial charge in [0.2, 0.25) is 0 Å². The lowest BCUT2D eigenvalue weighted by Crippen LogP contribution is -2.42. The first-order valence-electron chi connectivity index (χ1n) is 9.49. The van der Waals surface area contributed by atoms with Gasteiger partial charge in [-0.15, -0.1) is 0 Å². The molecule has 3 rings (SSSR count). The molecule has 0 radical (unpaired) electrons. The lowest BCUT2D eigenvalue weighted by molar-refractivity contribution is -0.118. The predicted octanol–water partition coefficient (Wildman–Crippen LogP) is 4.48. The van der Waals surface area contributed by atoms with E-state index < -0.39 is 0 Å². The van der Waals surface area contributed by atoms with Crippen LogP contribution < -0.4 is 10.1 Å². The summed E-state index contributed by atoms with van der Waals surface area (Å²) in [6.07, 6.45) is 1.13. The fourth-order valence-corrected chi connectivity index (χ4v) is 3.86. The van der Waals surface area contributed by atoms with Crippen LogP contribution in [0.2, 0.25) is 5.02 Å². The Morgan fingerprint density at radius 1 is 1.07 bits per heavy atom. The standard InChI is InChI=1S/C22H25ClN2O3/c1-15-11-16(2)13-25(12-15)22(27)17-7-3-5-9-19(17)24-21(26)14-28-20-10-6-4-8-18(20)23/h3-10,15-16H,11-14H2,1-2H3,(H,24,26). The molecule has 0 spiro atoms. The molecule has 1 fully saturated rings. The van der Waals surface area contributed by atoms with Gasteiger partial charge in [0.25, 0.3) is 11.8 Å². The number of rotatable bonds is 5. The lowest BCUT2D eigenvalue weighted by Gasteiger charge is -2.35. The van der Waals surface area contributed by atoms with E-state index in [-0.39, 0.29) is 18.4 Å². The van der Waals surface area contributed by atoms with Crippen molar-refractivity contribution in [3.63, 3.8) is 0 Å². The topological polar surface area (TPSA) is 58.6 Å². The fourth-order valence-electron chi connectivity index (χ4n) is 3.67. The van der Waals surface area contributed by atoms with Gasteiger partial charge in [-0.05, 0) is 42.5 Å². The molecule has 2 amide bonds. The molecule has 0 bridgehead atoms. The van der Waals surface area contributed by atoms with E-state index in [4.69, 9.17) is 16.3 Å². The Balaban J connectivity index is 1.67. The van der Waals surface area contributed by atoms with Crippen LogP contribution in [0.15, 0.2) is 48.5 Å². The average Bonchev–Trinajstić information content (AvgIpc) is 2.66. The number of para-hydroxylation sites is 2. The van der Waals surface area contributed by atoms with Crippen LogP contribution in [0.4, 0.5) is 5.69 Å². The number of hydrogen-bond donors (Lipinski definition) is 1. The SMILES string of the molecule is CC1CC(C)CN(C(=O)c2ccccc2NC(=O)COc2ccccc2Cl)C1. The summed E-state index contributed by atoms with van der Waals surface area (Å²) >= 11 is 6.04. The predicted molar refractivity (Wildman–Crippen MR) is 111 cm³/mol. The highest BCUT2D eigenvalue weighted by atomic mass is 35.5. The fraction of sp³-hybridized carbons (Fsp3) is 0.364. The molecule has 2 unspecified atom stereocenters. The summed E-state index contributed by atoms with van der Waals surface area (Å²) in [7, 11) is 0. The van der Waals surface area contributed by atoms with E-state index in [1.165, 1.54) is 0 Å². The van der Waals surface area contributed by atoms with E-state index in [2.05, 4.69) is 19.2 Å². The summed E-state index contributed by atoms with van der Waals surface area (Å²) in [4.78, 5) is 27.3. The highest BCUT2D eigenvalue weighted by molar-refractivity contribution is 6.32. The van der Waals surface area contributed by atoms with Crippen molar-refractivity contribution in [1.82, 2.24) is 4.90 Å². The van der Waals surface area contributed by atoms with Gasteiger partial charge in [-0.3, -0.25) is 9.59 Å². The van der Waals surface area contributed by atoms with Crippen molar-refractivity contribution in [3.8, 4) is 5.75 Å². The van der Waals surface area contributed by atoms with E-state index in [0.29, 0.717) is 33.9 Å². The van der Waals surface area contributed by atoms with Crippen LogP contribution in [-0.2, 0) is 4.79 Å². The minimum atomic E-state index is -0.347. The van der Waals surface area contributed by atoms with E-state index in [1.807, 2.05) is 4.90 Å². The average molecular weight is 401 g/mol. The Morgan fingerprint density at radius 3 is 2.43 bits per heavy atom. The van der Waals surface area contributed by atoms with Crippen molar-refractivity contribution in [3.05, 3.63) is 59.1 Å². The molecular weight excluding hydrogens is 376 g/mol.